The van der Waals surface area contributed by atoms with Crippen molar-refractivity contribution in [3.8, 4) is 16.9 Å². The van der Waals surface area contributed by atoms with Gasteiger partial charge in [0.2, 0.25) is 0 Å². The molecule has 0 saturated heterocycles. The van der Waals surface area contributed by atoms with Crippen LogP contribution in [-0.4, -0.2) is 5.11 Å². The van der Waals surface area contributed by atoms with Crippen LogP contribution < -0.4 is 0 Å². The lowest BCUT2D eigenvalue weighted by Crippen LogP contribution is -1.82. The monoisotopic (exact) mass is 272 g/mol. The van der Waals surface area contributed by atoms with Crippen molar-refractivity contribution in [1.29, 1.82) is 0 Å². The summed E-state index contributed by atoms with van der Waals surface area (Å²) in [5.74, 6) is 0.0596. The summed E-state index contributed by atoms with van der Waals surface area (Å²) < 4.78 is 0. The fourth-order valence-corrected chi connectivity index (χ4v) is 2.11. The Hall–Kier alpha value is -0.890. The van der Waals surface area contributed by atoms with E-state index in [-0.39, 0.29) is 5.75 Å². The van der Waals surface area contributed by atoms with Gasteiger partial charge in [-0.2, -0.15) is 0 Å². The SMILES string of the molecule is Oc1cc(Cl)c(Cl)c(-c2ccccc2Cl)c1. The van der Waals surface area contributed by atoms with Gasteiger partial charge in [0.05, 0.1) is 10.0 Å². The Bertz CT molecular complexity index is 538. The zero-order valence-corrected chi connectivity index (χ0v) is 10.3. The summed E-state index contributed by atoms with van der Waals surface area (Å²) in [6.07, 6.45) is 0. The van der Waals surface area contributed by atoms with Crippen LogP contribution in [0.25, 0.3) is 11.1 Å². The lowest BCUT2D eigenvalue weighted by molar-refractivity contribution is 0.475. The van der Waals surface area contributed by atoms with Crippen LogP contribution in [0.5, 0.6) is 5.75 Å². The van der Waals surface area contributed by atoms with Gasteiger partial charge in [0, 0.05) is 22.2 Å². The molecule has 2 aromatic carbocycles. The molecule has 1 nitrogen and oxygen atoms in total. The van der Waals surface area contributed by atoms with Gasteiger partial charge in [-0.3, -0.25) is 0 Å². The van der Waals surface area contributed by atoms with Gasteiger partial charge in [-0.05, 0) is 12.1 Å². The number of halogens is 3. The van der Waals surface area contributed by atoms with Crippen molar-refractivity contribution in [1.82, 2.24) is 0 Å². The minimum atomic E-state index is 0.0596. The van der Waals surface area contributed by atoms with Gasteiger partial charge in [0.15, 0.2) is 0 Å². The first kappa shape index (κ1) is 11.6. The van der Waals surface area contributed by atoms with Gasteiger partial charge < -0.3 is 5.11 Å². The zero-order valence-electron chi connectivity index (χ0n) is 8.05. The average Bonchev–Trinajstić information content (AvgIpc) is 2.24. The van der Waals surface area contributed by atoms with E-state index in [0.29, 0.717) is 20.6 Å². The largest absolute Gasteiger partial charge is 0.508 e. The van der Waals surface area contributed by atoms with Crippen molar-refractivity contribution in [3.05, 3.63) is 51.5 Å². The average molecular weight is 274 g/mol. The molecule has 0 atom stereocenters. The van der Waals surface area contributed by atoms with E-state index < -0.39 is 0 Å². The summed E-state index contributed by atoms with van der Waals surface area (Å²) in [7, 11) is 0. The zero-order chi connectivity index (χ0) is 11.7. The summed E-state index contributed by atoms with van der Waals surface area (Å²) in [5, 5.41) is 10.7. The maximum absolute atomic E-state index is 9.48. The van der Waals surface area contributed by atoms with Gasteiger partial charge >= 0.3 is 0 Å². The minimum Gasteiger partial charge on any atom is -0.508 e. The summed E-state index contributed by atoms with van der Waals surface area (Å²) in [4.78, 5) is 0. The van der Waals surface area contributed by atoms with Crippen LogP contribution in [-0.2, 0) is 0 Å². The van der Waals surface area contributed by atoms with E-state index in [9.17, 15) is 5.11 Å². The molecule has 82 valence electrons. The molecule has 0 aromatic heterocycles. The molecule has 0 bridgehead atoms. The standard InChI is InChI=1S/C12H7Cl3O/c13-10-4-2-1-3-8(10)9-5-7(16)6-11(14)12(9)15/h1-6,16H. The molecule has 0 aliphatic carbocycles. The Kier molecular flexibility index (Phi) is 3.29. The first-order chi connectivity index (χ1) is 7.59. The van der Waals surface area contributed by atoms with Crippen molar-refractivity contribution in [2.24, 2.45) is 0 Å². The number of benzene rings is 2. The van der Waals surface area contributed by atoms with Crippen molar-refractivity contribution in [2.75, 3.05) is 0 Å². The fraction of sp³-hybridized carbons (Fsp3) is 0. The predicted octanol–water partition coefficient (Wildman–Crippen LogP) is 5.02. The molecule has 0 saturated carbocycles. The summed E-state index contributed by atoms with van der Waals surface area (Å²) >= 11 is 18.0. The maximum atomic E-state index is 9.48. The van der Waals surface area contributed by atoms with Crippen LogP contribution in [0.1, 0.15) is 0 Å². The second-order valence-corrected chi connectivity index (χ2v) is 4.46. The Balaban J connectivity index is 2.69. The Labute approximate surface area is 108 Å². The minimum absolute atomic E-state index is 0.0596. The summed E-state index contributed by atoms with van der Waals surface area (Å²) in [6.45, 7) is 0. The molecule has 0 aliphatic heterocycles. The molecule has 0 aliphatic rings. The number of hydrogen-bond donors (Lipinski definition) is 1. The molecule has 0 fully saturated rings. The van der Waals surface area contributed by atoms with E-state index in [1.165, 1.54) is 12.1 Å². The second kappa shape index (κ2) is 4.54. The second-order valence-electron chi connectivity index (χ2n) is 3.27. The highest BCUT2D eigenvalue weighted by Crippen LogP contribution is 2.39. The van der Waals surface area contributed by atoms with Crippen molar-refractivity contribution < 1.29 is 5.11 Å². The highest BCUT2D eigenvalue weighted by molar-refractivity contribution is 6.44. The molecular weight excluding hydrogens is 266 g/mol. The third kappa shape index (κ3) is 2.12. The van der Waals surface area contributed by atoms with Gasteiger partial charge in [-0.1, -0.05) is 53.0 Å². The van der Waals surface area contributed by atoms with Gasteiger partial charge in [0.1, 0.15) is 5.75 Å². The van der Waals surface area contributed by atoms with E-state index in [4.69, 9.17) is 34.8 Å². The molecule has 0 unspecified atom stereocenters. The van der Waals surface area contributed by atoms with Crippen LogP contribution in [0.3, 0.4) is 0 Å². The van der Waals surface area contributed by atoms with Crippen molar-refractivity contribution in [3.63, 3.8) is 0 Å². The van der Waals surface area contributed by atoms with E-state index in [0.717, 1.165) is 5.56 Å². The Morgan fingerprint density at radius 1 is 0.812 bits per heavy atom. The Morgan fingerprint density at radius 3 is 2.19 bits per heavy atom. The number of hydrogen-bond acceptors (Lipinski definition) is 1. The van der Waals surface area contributed by atoms with Gasteiger partial charge in [-0.25, -0.2) is 0 Å². The molecule has 0 radical (unpaired) electrons. The smallest absolute Gasteiger partial charge is 0.117 e. The van der Waals surface area contributed by atoms with Crippen LogP contribution in [0.4, 0.5) is 0 Å². The van der Waals surface area contributed by atoms with E-state index in [1.54, 1.807) is 6.07 Å². The first-order valence-corrected chi connectivity index (χ1v) is 5.66. The topological polar surface area (TPSA) is 20.2 Å². The van der Waals surface area contributed by atoms with Crippen molar-refractivity contribution >= 4 is 34.8 Å². The maximum Gasteiger partial charge on any atom is 0.117 e. The summed E-state index contributed by atoms with van der Waals surface area (Å²) in [5.41, 5.74) is 1.37. The third-order valence-corrected chi connectivity index (χ3v) is 3.31. The lowest BCUT2D eigenvalue weighted by Gasteiger charge is -2.08. The van der Waals surface area contributed by atoms with E-state index in [2.05, 4.69) is 0 Å². The number of aromatic hydroxyl groups is 1. The molecule has 0 heterocycles. The highest BCUT2D eigenvalue weighted by Gasteiger charge is 2.11. The molecule has 16 heavy (non-hydrogen) atoms. The normalized spacial score (nSPS) is 10.4. The quantitative estimate of drug-likeness (QED) is 0.773. The van der Waals surface area contributed by atoms with Crippen LogP contribution in [0.15, 0.2) is 36.4 Å². The van der Waals surface area contributed by atoms with Crippen molar-refractivity contribution in [2.45, 2.75) is 0 Å². The first-order valence-electron chi connectivity index (χ1n) is 4.52. The Morgan fingerprint density at radius 2 is 1.50 bits per heavy atom. The molecular formula is C12H7Cl3O. The highest BCUT2D eigenvalue weighted by atomic mass is 35.5. The number of phenolic OH excluding ortho intramolecular Hbond substituents is 1. The third-order valence-electron chi connectivity index (χ3n) is 2.18. The molecule has 0 amide bonds. The van der Waals surface area contributed by atoms with Crippen LogP contribution in [0.2, 0.25) is 15.1 Å². The van der Waals surface area contributed by atoms with Gasteiger partial charge in [-0.15, -0.1) is 0 Å². The van der Waals surface area contributed by atoms with Crippen LogP contribution >= 0.6 is 34.8 Å². The number of phenols is 1. The molecule has 4 heteroatoms. The molecule has 1 N–H and O–H groups in total. The van der Waals surface area contributed by atoms with Gasteiger partial charge in [0.25, 0.3) is 0 Å². The molecule has 2 aromatic rings. The molecule has 2 rings (SSSR count). The fourth-order valence-electron chi connectivity index (χ4n) is 1.45. The predicted molar refractivity (Wildman–Crippen MR) is 68.6 cm³/mol. The molecule has 0 spiro atoms. The summed E-state index contributed by atoms with van der Waals surface area (Å²) in [6, 6.07) is 10.2. The van der Waals surface area contributed by atoms with E-state index in [1.807, 2.05) is 18.2 Å². The van der Waals surface area contributed by atoms with Crippen LogP contribution in [0, 0.1) is 0 Å². The number of rotatable bonds is 1. The van der Waals surface area contributed by atoms with E-state index >= 15 is 0 Å². The lowest BCUT2D eigenvalue weighted by atomic mass is 10.1.